The molecule has 0 aliphatic carbocycles. The second-order valence-corrected chi connectivity index (χ2v) is 8.15. The maximum absolute atomic E-state index is 9.01. The number of nitrogens with zero attached hydrogens (tertiary/aromatic N) is 1. The summed E-state index contributed by atoms with van der Waals surface area (Å²) in [6.07, 6.45) is 3.47. The van der Waals surface area contributed by atoms with Crippen LogP contribution in [-0.4, -0.2) is 59.0 Å². The molecule has 0 radical (unpaired) electrons. The van der Waals surface area contributed by atoms with E-state index in [0.29, 0.717) is 0 Å². The predicted molar refractivity (Wildman–Crippen MR) is 73.5 cm³/mol. The summed E-state index contributed by atoms with van der Waals surface area (Å²) in [5.74, 6) is 0. The van der Waals surface area contributed by atoms with Crippen LogP contribution in [0, 0.1) is 0 Å². The van der Waals surface area contributed by atoms with E-state index in [-0.39, 0.29) is 6.61 Å². The minimum absolute atomic E-state index is 0.243. The van der Waals surface area contributed by atoms with Gasteiger partial charge in [0.15, 0.2) is 0 Å². The molecule has 5 heteroatoms. The molecule has 0 aromatic carbocycles. The zero-order valence-corrected chi connectivity index (χ0v) is 12.9. The Kier molecular flexibility index (Phi) is 10.1. The molecule has 0 atom stereocenters. The first-order valence-electron chi connectivity index (χ1n) is 6.55. The Morgan fingerprint density at radius 3 is 2.12 bits per heavy atom. The first kappa shape index (κ1) is 17.1. The third-order valence-corrected chi connectivity index (χ3v) is 6.20. The average Bonchev–Trinajstić information content (AvgIpc) is 2.35. The topological polar surface area (TPSA) is 41.9 Å². The van der Waals surface area contributed by atoms with E-state index in [9.17, 15) is 0 Å². The molecule has 0 unspecified atom stereocenters. The molecule has 0 spiro atoms. The summed E-state index contributed by atoms with van der Waals surface area (Å²) in [4.78, 5) is 2.32. The van der Waals surface area contributed by atoms with Crippen molar-refractivity contribution in [2.24, 2.45) is 0 Å². The third-order valence-electron chi connectivity index (χ3n) is 3.21. The van der Waals surface area contributed by atoms with Crippen LogP contribution >= 0.6 is 0 Å². The number of unbranched alkanes of at least 4 members (excludes halogenated alkanes) is 1. The fourth-order valence-electron chi connectivity index (χ4n) is 1.77. The van der Waals surface area contributed by atoms with E-state index >= 15 is 0 Å². The maximum atomic E-state index is 9.01. The van der Waals surface area contributed by atoms with Crippen LogP contribution in [0.25, 0.3) is 0 Å². The van der Waals surface area contributed by atoms with Crippen LogP contribution in [-0.2, 0) is 8.85 Å². The molecule has 0 saturated carbocycles. The zero-order chi connectivity index (χ0) is 13.1. The molecule has 0 saturated heterocycles. The highest BCUT2D eigenvalue weighted by atomic mass is 28.4. The Balaban J connectivity index is 3.87. The van der Waals surface area contributed by atoms with Crippen LogP contribution in [0.1, 0.15) is 26.2 Å². The van der Waals surface area contributed by atoms with Gasteiger partial charge in [-0.1, -0.05) is 13.3 Å². The van der Waals surface area contributed by atoms with Gasteiger partial charge in [-0.15, -0.1) is 0 Å². The second-order valence-electron chi connectivity index (χ2n) is 4.56. The van der Waals surface area contributed by atoms with Gasteiger partial charge in [0.25, 0.3) is 0 Å². The molecule has 0 aromatic heterocycles. The summed E-state index contributed by atoms with van der Waals surface area (Å²) in [6.45, 7) is 7.41. The van der Waals surface area contributed by atoms with E-state index in [2.05, 4.69) is 18.4 Å². The molecule has 17 heavy (non-hydrogen) atoms. The maximum Gasteiger partial charge on any atom is 0.334 e. The van der Waals surface area contributed by atoms with Crippen LogP contribution < -0.4 is 0 Å². The zero-order valence-electron chi connectivity index (χ0n) is 11.9. The monoisotopic (exact) mass is 263 g/mol. The summed E-state index contributed by atoms with van der Waals surface area (Å²) in [5, 5.41) is 9.01. The average molecular weight is 263 g/mol. The Labute approximate surface area is 107 Å². The van der Waals surface area contributed by atoms with Crippen molar-refractivity contribution in [3.8, 4) is 0 Å². The lowest BCUT2D eigenvalue weighted by Crippen LogP contribution is -2.37. The van der Waals surface area contributed by atoms with E-state index < -0.39 is 8.56 Å². The van der Waals surface area contributed by atoms with E-state index in [1.807, 2.05) is 0 Å². The third kappa shape index (κ3) is 7.89. The fourth-order valence-corrected chi connectivity index (χ4v) is 3.15. The minimum Gasteiger partial charge on any atom is -0.398 e. The molecule has 1 N–H and O–H groups in total. The molecular weight excluding hydrogens is 234 g/mol. The van der Waals surface area contributed by atoms with Crippen molar-refractivity contribution in [1.29, 1.82) is 0 Å². The van der Waals surface area contributed by atoms with E-state index in [1.165, 1.54) is 12.8 Å². The molecule has 0 amide bonds. The summed E-state index contributed by atoms with van der Waals surface area (Å²) >= 11 is 0. The van der Waals surface area contributed by atoms with Gasteiger partial charge in [-0.3, -0.25) is 0 Å². The largest absolute Gasteiger partial charge is 0.398 e. The van der Waals surface area contributed by atoms with E-state index in [4.69, 9.17) is 14.0 Å². The number of aliphatic hydroxyl groups excluding tert-OH is 1. The van der Waals surface area contributed by atoms with Gasteiger partial charge in [0.05, 0.1) is 6.61 Å². The van der Waals surface area contributed by atoms with Gasteiger partial charge in [0.1, 0.15) is 0 Å². The normalized spacial score (nSPS) is 12.4. The van der Waals surface area contributed by atoms with Gasteiger partial charge in [-0.25, -0.2) is 0 Å². The van der Waals surface area contributed by atoms with Gasteiger partial charge in [0.2, 0.25) is 0 Å². The molecule has 0 aliphatic rings. The van der Waals surface area contributed by atoms with Gasteiger partial charge >= 0.3 is 8.56 Å². The SMILES string of the molecule is CCCCN(CCO)CCC[Si](C)(OC)OC. The van der Waals surface area contributed by atoms with Crippen LogP contribution in [0.4, 0.5) is 0 Å². The number of hydrogen-bond donors (Lipinski definition) is 1. The molecule has 4 nitrogen and oxygen atoms in total. The molecule has 0 aromatic rings. The fraction of sp³-hybridized carbons (Fsp3) is 1.00. The van der Waals surface area contributed by atoms with Gasteiger partial charge in [-0.05, 0) is 38.5 Å². The number of aliphatic hydroxyl groups is 1. The summed E-state index contributed by atoms with van der Waals surface area (Å²) in [5.41, 5.74) is 0. The van der Waals surface area contributed by atoms with E-state index in [1.54, 1.807) is 14.2 Å². The molecule has 0 aliphatic heterocycles. The highest BCUT2D eigenvalue weighted by molar-refractivity contribution is 6.65. The first-order valence-corrected chi connectivity index (χ1v) is 9.07. The van der Waals surface area contributed by atoms with Gasteiger partial charge in [-0.2, -0.15) is 0 Å². The number of hydrogen-bond acceptors (Lipinski definition) is 4. The molecule has 0 rings (SSSR count). The van der Waals surface area contributed by atoms with Crippen LogP contribution in [0.2, 0.25) is 12.6 Å². The second kappa shape index (κ2) is 10.0. The number of rotatable bonds is 11. The molecule has 0 bridgehead atoms. The molecule has 0 fully saturated rings. The smallest absolute Gasteiger partial charge is 0.334 e. The molecule has 104 valence electrons. The Morgan fingerprint density at radius 1 is 1.06 bits per heavy atom. The molecular formula is C12H29NO3Si. The van der Waals surface area contributed by atoms with Crippen molar-refractivity contribution < 1.29 is 14.0 Å². The minimum atomic E-state index is -1.91. The van der Waals surface area contributed by atoms with Crippen molar-refractivity contribution in [2.45, 2.75) is 38.8 Å². The highest BCUT2D eigenvalue weighted by Gasteiger charge is 2.27. The summed E-state index contributed by atoms with van der Waals surface area (Å²) in [6, 6.07) is 1.01. The lowest BCUT2D eigenvalue weighted by molar-refractivity contribution is 0.191. The first-order chi connectivity index (χ1) is 8.11. The van der Waals surface area contributed by atoms with Crippen molar-refractivity contribution >= 4 is 8.56 Å². The van der Waals surface area contributed by atoms with Crippen LogP contribution in [0.15, 0.2) is 0 Å². The van der Waals surface area contributed by atoms with Gasteiger partial charge < -0.3 is 18.9 Å². The van der Waals surface area contributed by atoms with Crippen molar-refractivity contribution in [1.82, 2.24) is 4.90 Å². The Hall–Kier alpha value is 0.0569. The predicted octanol–water partition coefficient (Wildman–Crippen LogP) is 1.84. The Morgan fingerprint density at radius 2 is 1.65 bits per heavy atom. The van der Waals surface area contributed by atoms with Crippen LogP contribution in [0.5, 0.6) is 0 Å². The molecule has 0 heterocycles. The summed E-state index contributed by atoms with van der Waals surface area (Å²) in [7, 11) is 1.56. The van der Waals surface area contributed by atoms with Crippen LogP contribution in [0.3, 0.4) is 0 Å². The Bertz CT molecular complexity index is 177. The van der Waals surface area contributed by atoms with Gasteiger partial charge in [0, 0.05) is 20.8 Å². The van der Waals surface area contributed by atoms with Crippen molar-refractivity contribution in [3.05, 3.63) is 0 Å². The lowest BCUT2D eigenvalue weighted by atomic mass is 10.3. The highest BCUT2D eigenvalue weighted by Crippen LogP contribution is 2.14. The lowest BCUT2D eigenvalue weighted by Gasteiger charge is -2.25. The summed E-state index contributed by atoms with van der Waals surface area (Å²) < 4.78 is 10.9. The van der Waals surface area contributed by atoms with Crippen molar-refractivity contribution in [3.63, 3.8) is 0 Å². The quantitative estimate of drug-likeness (QED) is 0.578. The standard InChI is InChI=1S/C12H29NO3Si/c1-5-6-8-13(10-11-14)9-7-12-17(4,15-2)16-3/h14H,5-12H2,1-4H3. The van der Waals surface area contributed by atoms with Crippen molar-refractivity contribution in [2.75, 3.05) is 40.5 Å². The van der Waals surface area contributed by atoms with E-state index in [0.717, 1.165) is 32.1 Å².